The van der Waals surface area contributed by atoms with Crippen LogP contribution in [0.4, 0.5) is 0 Å². The minimum absolute atomic E-state index is 0.0272. The summed E-state index contributed by atoms with van der Waals surface area (Å²) in [4.78, 5) is 25.8. The molecule has 120 valence electrons. The van der Waals surface area contributed by atoms with E-state index in [0.717, 1.165) is 31.6 Å². The Balaban J connectivity index is 2.09. The lowest BCUT2D eigenvalue weighted by Gasteiger charge is -2.40. The highest BCUT2D eigenvalue weighted by molar-refractivity contribution is 5.79. The van der Waals surface area contributed by atoms with Gasteiger partial charge in [-0.25, -0.2) is 0 Å². The lowest BCUT2D eigenvalue weighted by molar-refractivity contribution is -0.142. The van der Waals surface area contributed by atoms with Gasteiger partial charge in [0.15, 0.2) is 0 Å². The van der Waals surface area contributed by atoms with E-state index in [4.69, 9.17) is 5.11 Å². The summed E-state index contributed by atoms with van der Waals surface area (Å²) < 4.78 is 0. The molecular formula is C16H28N2O3. The Morgan fingerprint density at radius 2 is 1.76 bits per heavy atom. The van der Waals surface area contributed by atoms with Gasteiger partial charge >= 0.3 is 5.97 Å². The number of hydrogen-bond donors (Lipinski definition) is 2. The summed E-state index contributed by atoms with van der Waals surface area (Å²) >= 11 is 0. The zero-order valence-electron chi connectivity index (χ0n) is 13.3. The number of amides is 1. The van der Waals surface area contributed by atoms with Crippen LogP contribution in [0, 0.1) is 11.8 Å². The summed E-state index contributed by atoms with van der Waals surface area (Å²) in [6.07, 6.45) is 4.95. The smallest absolute Gasteiger partial charge is 0.320 e. The second-order valence-electron chi connectivity index (χ2n) is 7.00. The van der Waals surface area contributed by atoms with Crippen molar-refractivity contribution in [3.05, 3.63) is 0 Å². The Morgan fingerprint density at radius 3 is 2.24 bits per heavy atom. The summed E-state index contributed by atoms with van der Waals surface area (Å²) in [5, 5.41) is 12.2. The first-order valence-electron chi connectivity index (χ1n) is 8.18. The topological polar surface area (TPSA) is 69.6 Å². The van der Waals surface area contributed by atoms with E-state index in [1.165, 1.54) is 0 Å². The average Bonchev–Trinajstić information content (AvgIpc) is 2.90. The average molecular weight is 296 g/mol. The number of aliphatic carboxylic acids is 1. The SMILES string of the molecule is CC1CCC(N(C(=O)C(C)C)C2CNC(C(=O)O)C2)CC1. The fourth-order valence-electron chi connectivity index (χ4n) is 3.59. The molecule has 2 N–H and O–H groups in total. The molecule has 1 saturated carbocycles. The number of carboxylic acid groups (broad SMARTS) is 1. The minimum atomic E-state index is -0.813. The molecule has 5 heteroatoms. The van der Waals surface area contributed by atoms with Crippen LogP contribution in [-0.4, -0.2) is 46.6 Å². The third-order valence-corrected chi connectivity index (χ3v) is 4.93. The molecule has 0 aromatic heterocycles. The Hall–Kier alpha value is -1.10. The van der Waals surface area contributed by atoms with Gasteiger partial charge in [-0.2, -0.15) is 0 Å². The van der Waals surface area contributed by atoms with Crippen LogP contribution in [0.1, 0.15) is 52.9 Å². The highest BCUT2D eigenvalue weighted by Gasteiger charge is 2.39. The number of nitrogens with zero attached hydrogens (tertiary/aromatic N) is 1. The molecule has 0 bridgehead atoms. The van der Waals surface area contributed by atoms with Gasteiger partial charge in [0.25, 0.3) is 0 Å². The van der Waals surface area contributed by atoms with Gasteiger partial charge in [-0.1, -0.05) is 20.8 Å². The van der Waals surface area contributed by atoms with Crippen molar-refractivity contribution in [1.82, 2.24) is 10.2 Å². The Bertz CT molecular complexity index is 389. The molecule has 21 heavy (non-hydrogen) atoms. The molecule has 0 aromatic rings. The molecule has 1 amide bonds. The quantitative estimate of drug-likeness (QED) is 0.831. The lowest BCUT2D eigenvalue weighted by atomic mass is 9.85. The summed E-state index contributed by atoms with van der Waals surface area (Å²) in [6, 6.07) is -0.199. The van der Waals surface area contributed by atoms with E-state index in [1.807, 2.05) is 18.7 Å². The van der Waals surface area contributed by atoms with E-state index < -0.39 is 12.0 Å². The Morgan fingerprint density at radius 1 is 1.14 bits per heavy atom. The normalized spacial score (nSPS) is 33.1. The van der Waals surface area contributed by atoms with Crippen LogP contribution in [0.5, 0.6) is 0 Å². The van der Waals surface area contributed by atoms with Crippen LogP contribution in [0.2, 0.25) is 0 Å². The predicted octanol–water partition coefficient (Wildman–Crippen LogP) is 1.86. The van der Waals surface area contributed by atoms with Gasteiger partial charge in [-0.15, -0.1) is 0 Å². The van der Waals surface area contributed by atoms with E-state index in [1.54, 1.807) is 0 Å². The van der Waals surface area contributed by atoms with Crippen molar-refractivity contribution >= 4 is 11.9 Å². The van der Waals surface area contributed by atoms with E-state index in [2.05, 4.69) is 12.2 Å². The Labute approximate surface area is 127 Å². The van der Waals surface area contributed by atoms with Crippen molar-refractivity contribution in [2.75, 3.05) is 6.54 Å². The van der Waals surface area contributed by atoms with Crippen molar-refractivity contribution in [2.45, 2.75) is 71.0 Å². The van der Waals surface area contributed by atoms with E-state index >= 15 is 0 Å². The first-order valence-corrected chi connectivity index (χ1v) is 8.18. The summed E-state index contributed by atoms with van der Waals surface area (Å²) in [6.45, 7) is 6.72. The standard InChI is InChI=1S/C16H28N2O3/c1-10(2)15(19)18(12-6-4-11(3)5-7-12)13-8-14(16(20)21)17-9-13/h10-14,17H,4-9H2,1-3H3,(H,20,21). The van der Waals surface area contributed by atoms with Crippen molar-refractivity contribution in [2.24, 2.45) is 11.8 Å². The van der Waals surface area contributed by atoms with Gasteiger partial charge in [0.2, 0.25) is 5.91 Å². The van der Waals surface area contributed by atoms with Gasteiger partial charge in [0, 0.05) is 24.5 Å². The molecule has 2 unspecified atom stereocenters. The largest absolute Gasteiger partial charge is 0.480 e. The number of rotatable bonds is 4. The molecule has 5 nitrogen and oxygen atoms in total. The lowest BCUT2D eigenvalue weighted by Crippen LogP contribution is -2.50. The third kappa shape index (κ3) is 3.76. The predicted molar refractivity (Wildman–Crippen MR) is 80.9 cm³/mol. The van der Waals surface area contributed by atoms with Crippen molar-refractivity contribution < 1.29 is 14.7 Å². The number of carboxylic acids is 1. The zero-order chi connectivity index (χ0) is 15.6. The summed E-state index contributed by atoms with van der Waals surface area (Å²) in [5.74, 6) is 0.0676. The molecule has 2 fully saturated rings. The third-order valence-electron chi connectivity index (χ3n) is 4.93. The second-order valence-corrected chi connectivity index (χ2v) is 7.00. The zero-order valence-corrected chi connectivity index (χ0v) is 13.3. The fraction of sp³-hybridized carbons (Fsp3) is 0.875. The summed E-state index contributed by atoms with van der Waals surface area (Å²) in [5.41, 5.74) is 0. The van der Waals surface area contributed by atoms with E-state index in [9.17, 15) is 9.59 Å². The van der Waals surface area contributed by atoms with Crippen LogP contribution >= 0.6 is 0 Å². The number of hydrogen-bond acceptors (Lipinski definition) is 3. The van der Waals surface area contributed by atoms with Crippen LogP contribution in [0.15, 0.2) is 0 Å². The first-order chi connectivity index (χ1) is 9.90. The molecule has 1 heterocycles. The molecule has 1 aliphatic carbocycles. The van der Waals surface area contributed by atoms with E-state index in [-0.39, 0.29) is 23.9 Å². The monoisotopic (exact) mass is 296 g/mol. The molecule has 2 aliphatic rings. The van der Waals surface area contributed by atoms with Crippen LogP contribution < -0.4 is 5.32 Å². The summed E-state index contributed by atoms with van der Waals surface area (Å²) in [7, 11) is 0. The Kier molecular flexibility index (Phi) is 5.25. The molecule has 0 aromatic carbocycles. The molecule has 1 saturated heterocycles. The van der Waals surface area contributed by atoms with Gasteiger partial charge in [0.05, 0.1) is 0 Å². The van der Waals surface area contributed by atoms with Gasteiger partial charge in [-0.3, -0.25) is 9.59 Å². The number of carbonyl (C=O) groups excluding carboxylic acids is 1. The highest BCUT2D eigenvalue weighted by atomic mass is 16.4. The second kappa shape index (κ2) is 6.77. The minimum Gasteiger partial charge on any atom is -0.480 e. The maximum atomic E-state index is 12.6. The van der Waals surface area contributed by atoms with Crippen molar-refractivity contribution in [3.8, 4) is 0 Å². The molecule has 1 aliphatic heterocycles. The molecule has 0 radical (unpaired) electrons. The maximum Gasteiger partial charge on any atom is 0.320 e. The molecular weight excluding hydrogens is 268 g/mol. The maximum absolute atomic E-state index is 12.6. The van der Waals surface area contributed by atoms with Crippen LogP contribution in [0.3, 0.4) is 0 Å². The van der Waals surface area contributed by atoms with Gasteiger partial charge in [0.1, 0.15) is 6.04 Å². The number of carbonyl (C=O) groups is 2. The fourth-order valence-corrected chi connectivity index (χ4v) is 3.59. The van der Waals surface area contributed by atoms with Crippen molar-refractivity contribution in [1.29, 1.82) is 0 Å². The van der Waals surface area contributed by atoms with Crippen LogP contribution in [-0.2, 0) is 9.59 Å². The first kappa shape index (κ1) is 16.3. The molecule has 2 atom stereocenters. The molecule has 2 rings (SSSR count). The highest BCUT2D eigenvalue weighted by Crippen LogP contribution is 2.31. The van der Waals surface area contributed by atoms with E-state index in [0.29, 0.717) is 13.0 Å². The number of nitrogens with one attached hydrogen (secondary N) is 1. The van der Waals surface area contributed by atoms with Gasteiger partial charge < -0.3 is 15.3 Å². The van der Waals surface area contributed by atoms with Gasteiger partial charge in [-0.05, 0) is 38.0 Å². The van der Waals surface area contributed by atoms with Crippen molar-refractivity contribution in [3.63, 3.8) is 0 Å². The molecule has 0 spiro atoms. The van der Waals surface area contributed by atoms with Crippen LogP contribution in [0.25, 0.3) is 0 Å².